The molecule has 1 heterocycles. The van der Waals surface area contributed by atoms with Gasteiger partial charge in [-0.05, 0) is 19.5 Å². The highest BCUT2D eigenvalue weighted by Crippen LogP contribution is 2.31. The third-order valence-corrected chi connectivity index (χ3v) is 2.73. The quantitative estimate of drug-likeness (QED) is 0.530. The average Bonchev–Trinajstić information content (AvgIpc) is 2.17. The fraction of sp³-hybridized carbons (Fsp3) is 0.800. The molecule has 0 amide bonds. The van der Waals surface area contributed by atoms with E-state index in [1.54, 1.807) is 0 Å². The minimum absolute atomic E-state index is 0.334. The molecule has 1 unspecified atom stereocenters. The lowest BCUT2D eigenvalue weighted by atomic mass is 10.1. The summed E-state index contributed by atoms with van der Waals surface area (Å²) in [6.45, 7) is 6.19. The van der Waals surface area contributed by atoms with Crippen LogP contribution in [0.1, 0.15) is 6.92 Å². The first-order valence-electron chi connectivity index (χ1n) is 4.96. The molecule has 0 spiro atoms. The van der Waals surface area contributed by atoms with Crippen molar-refractivity contribution < 1.29 is 13.2 Å². The van der Waals surface area contributed by atoms with Gasteiger partial charge in [0.05, 0.1) is 0 Å². The van der Waals surface area contributed by atoms with Gasteiger partial charge in [0.25, 0.3) is 0 Å². The molecule has 2 nitrogen and oxygen atoms in total. The van der Waals surface area contributed by atoms with E-state index in [0.717, 1.165) is 6.92 Å². The van der Waals surface area contributed by atoms with E-state index in [1.807, 2.05) is 11.9 Å². The molecular weight excluding hydrogens is 205 g/mol. The fourth-order valence-electron chi connectivity index (χ4n) is 1.48. The van der Waals surface area contributed by atoms with Gasteiger partial charge in [0.15, 0.2) is 0 Å². The van der Waals surface area contributed by atoms with Gasteiger partial charge in [-0.15, -0.1) is 0 Å². The van der Waals surface area contributed by atoms with Gasteiger partial charge in [-0.1, -0.05) is 6.58 Å². The highest BCUT2D eigenvalue weighted by Gasteiger charge is 2.45. The second kappa shape index (κ2) is 4.53. The lowest BCUT2D eigenvalue weighted by Crippen LogP contribution is -2.53. The van der Waals surface area contributed by atoms with Crippen molar-refractivity contribution in [3.8, 4) is 0 Å². The predicted molar refractivity (Wildman–Crippen MR) is 53.7 cm³/mol. The molecule has 5 heteroatoms. The molecule has 1 saturated heterocycles. The summed E-state index contributed by atoms with van der Waals surface area (Å²) in [7, 11) is 1.89. The van der Waals surface area contributed by atoms with E-state index in [9.17, 15) is 13.2 Å². The second-order valence-corrected chi connectivity index (χ2v) is 4.08. The molecule has 0 aromatic carbocycles. The minimum Gasteiger partial charge on any atom is -0.304 e. The number of piperazine rings is 1. The van der Waals surface area contributed by atoms with Crippen LogP contribution < -0.4 is 0 Å². The van der Waals surface area contributed by atoms with Gasteiger partial charge < -0.3 is 4.90 Å². The highest BCUT2D eigenvalue weighted by molar-refractivity contribution is 5.07. The van der Waals surface area contributed by atoms with Crippen LogP contribution in [-0.2, 0) is 0 Å². The Bertz CT molecular complexity index is 235. The molecule has 0 saturated carbocycles. The maximum atomic E-state index is 13.5. The molecular formula is C10H17F3N2. The van der Waals surface area contributed by atoms with Crippen LogP contribution in [0.5, 0.6) is 0 Å². The Hall–Kier alpha value is -0.550. The summed E-state index contributed by atoms with van der Waals surface area (Å²) in [5, 5.41) is 0. The average molecular weight is 222 g/mol. The first-order chi connectivity index (χ1) is 6.85. The van der Waals surface area contributed by atoms with E-state index in [-0.39, 0.29) is 0 Å². The van der Waals surface area contributed by atoms with Crippen molar-refractivity contribution in [2.24, 2.45) is 0 Å². The number of rotatable bonds is 3. The minimum atomic E-state index is -3.45. The van der Waals surface area contributed by atoms with Crippen molar-refractivity contribution in [3.63, 3.8) is 0 Å². The zero-order valence-corrected chi connectivity index (χ0v) is 9.14. The van der Waals surface area contributed by atoms with Gasteiger partial charge in [0, 0.05) is 26.2 Å². The van der Waals surface area contributed by atoms with Crippen molar-refractivity contribution in [1.82, 2.24) is 9.80 Å². The van der Waals surface area contributed by atoms with Crippen LogP contribution in [0.4, 0.5) is 13.2 Å². The van der Waals surface area contributed by atoms with Crippen LogP contribution in [0.2, 0.25) is 0 Å². The largest absolute Gasteiger partial charge is 0.312 e. The molecule has 15 heavy (non-hydrogen) atoms. The standard InChI is InChI=1S/C10H17F3N2/c1-8(2)10(12,13)9(11)15-6-4-14(3)5-7-15/h9H,1,4-7H2,2-3H3. The molecule has 1 fully saturated rings. The monoisotopic (exact) mass is 222 g/mol. The summed E-state index contributed by atoms with van der Waals surface area (Å²) in [6.07, 6.45) is -2.25. The summed E-state index contributed by atoms with van der Waals surface area (Å²) in [4.78, 5) is 3.16. The summed E-state index contributed by atoms with van der Waals surface area (Å²) >= 11 is 0. The first kappa shape index (κ1) is 12.5. The topological polar surface area (TPSA) is 6.48 Å². The molecule has 0 aromatic heterocycles. The smallest absolute Gasteiger partial charge is 0.304 e. The van der Waals surface area contributed by atoms with Crippen molar-refractivity contribution in [2.75, 3.05) is 33.2 Å². The molecule has 0 aliphatic carbocycles. The normalized spacial score (nSPS) is 22.7. The van der Waals surface area contributed by atoms with Crippen LogP contribution >= 0.6 is 0 Å². The van der Waals surface area contributed by atoms with Crippen molar-refractivity contribution in [1.29, 1.82) is 0 Å². The zero-order chi connectivity index (χ0) is 11.6. The lowest BCUT2D eigenvalue weighted by Gasteiger charge is -2.37. The Balaban J connectivity index is 2.60. The Morgan fingerprint density at radius 1 is 1.27 bits per heavy atom. The van der Waals surface area contributed by atoms with Gasteiger partial charge in [-0.25, -0.2) is 4.39 Å². The lowest BCUT2D eigenvalue weighted by molar-refractivity contribution is -0.119. The predicted octanol–water partition coefficient (Wildman–Crippen LogP) is 1.74. The molecule has 1 rings (SSSR count). The molecule has 0 aromatic rings. The molecule has 1 aliphatic rings. The van der Waals surface area contributed by atoms with Crippen LogP contribution in [0.15, 0.2) is 12.2 Å². The molecule has 0 bridgehead atoms. The Labute approximate surface area is 88.3 Å². The molecule has 88 valence electrons. The van der Waals surface area contributed by atoms with Gasteiger partial charge in [0.1, 0.15) is 0 Å². The van der Waals surface area contributed by atoms with Crippen molar-refractivity contribution in [2.45, 2.75) is 19.1 Å². The summed E-state index contributed by atoms with van der Waals surface area (Å²) in [5.74, 6) is -3.45. The molecule has 0 N–H and O–H groups in total. The third kappa shape index (κ3) is 2.72. The SMILES string of the molecule is C=C(C)C(F)(F)C(F)N1CCN(C)CC1. The number of halogens is 3. The summed E-state index contributed by atoms with van der Waals surface area (Å²) in [6, 6.07) is 0. The van der Waals surface area contributed by atoms with E-state index >= 15 is 0 Å². The number of alkyl halides is 3. The Morgan fingerprint density at radius 3 is 2.13 bits per heavy atom. The van der Waals surface area contributed by atoms with E-state index in [0.29, 0.717) is 26.2 Å². The van der Waals surface area contributed by atoms with Gasteiger partial charge in [-0.2, -0.15) is 8.78 Å². The number of likely N-dealkylation sites (N-methyl/N-ethyl adjacent to an activating group) is 1. The Kier molecular flexibility index (Phi) is 3.78. The van der Waals surface area contributed by atoms with Gasteiger partial charge in [-0.3, -0.25) is 4.90 Å². The van der Waals surface area contributed by atoms with Crippen LogP contribution in [0.25, 0.3) is 0 Å². The van der Waals surface area contributed by atoms with Crippen LogP contribution in [0.3, 0.4) is 0 Å². The van der Waals surface area contributed by atoms with Crippen LogP contribution in [0, 0.1) is 0 Å². The third-order valence-electron chi connectivity index (χ3n) is 2.73. The van der Waals surface area contributed by atoms with Crippen molar-refractivity contribution >= 4 is 0 Å². The van der Waals surface area contributed by atoms with E-state index < -0.39 is 17.8 Å². The maximum absolute atomic E-state index is 13.5. The fourth-order valence-corrected chi connectivity index (χ4v) is 1.48. The van der Waals surface area contributed by atoms with E-state index in [2.05, 4.69) is 6.58 Å². The highest BCUT2D eigenvalue weighted by atomic mass is 19.3. The molecule has 0 radical (unpaired) electrons. The van der Waals surface area contributed by atoms with E-state index in [4.69, 9.17) is 0 Å². The van der Waals surface area contributed by atoms with Gasteiger partial charge >= 0.3 is 5.92 Å². The number of hydrogen-bond donors (Lipinski definition) is 0. The number of hydrogen-bond acceptors (Lipinski definition) is 2. The van der Waals surface area contributed by atoms with E-state index in [1.165, 1.54) is 4.90 Å². The molecule has 1 atom stereocenters. The summed E-state index contributed by atoms with van der Waals surface area (Å²) in [5.41, 5.74) is -0.422. The first-order valence-corrected chi connectivity index (χ1v) is 4.96. The van der Waals surface area contributed by atoms with Gasteiger partial charge in [0.2, 0.25) is 6.30 Å². The number of nitrogens with zero attached hydrogens (tertiary/aromatic N) is 2. The molecule has 1 aliphatic heterocycles. The van der Waals surface area contributed by atoms with Crippen LogP contribution in [-0.4, -0.2) is 55.2 Å². The second-order valence-electron chi connectivity index (χ2n) is 4.08. The zero-order valence-electron chi connectivity index (χ0n) is 9.14. The van der Waals surface area contributed by atoms with Crippen molar-refractivity contribution in [3.05, 3.63) is 12.2 Å². The maximum Gasteiger partial charge on any atom is 0.312 e. The Morgan fingerprint density at radius 2 is 1.73 bits per heavy atom. The summed E-state index contributed by atoms with van der Waals surface area (Å²) < 4.78 is 40.1.